The number of alkyl halides is 1. The molecule has 1 unspecified atom stereocenters. The number of aromatic hydroxyl groups is 1. The fourth-order valence-corrected chi connectivity index (χ4v) is 3.93. The second-order valence-electron chi connectivity index (χ2n) is 8.51. The van der Waals surface area contributed by atoms with Crippen LogP contribution >= 0.6 is 0 Å². The number of rotatable bonds is 4. The van der Waals surface area contributed by atoms with Gasteiger partial charge in [-0.25, -0.2) is 13.8 Å². The molecular weight excluding hydrogens is 452 g/mol. The van der Waals surface area contributed by atoms with Crippen molar-refractivity contribution in [3.8, 4) is 17.6 Å². The highest BCUT2D eigenvalue weighted by molar-refractivity contribution is 5.93. The number of halogens is 2. The minimum absolute atomic E-state index is 0.0593. The molecule has 5 rings (SSSR count). The summed E-state index contributed by atoms with van der Waals surface area (Å²) in [7, 11) is 0. The zero-order chi connectivity index (χ0) is 24.6. The minimum atomic E-state index is -1.69. The van der Waals surface area contributed by atoms with Crippen molar-refractivity contribution in [2.45, 2.75) is 18.6 Å². The Bertz CT molecular complexity index is 1470. The van der Waals surface area contributed by atoms with Crippen LogP contribution in [0.25, 0.3) is 10.9 Å². The van der Waals surface area contributed by atoms with E-state index in [-0.39, 0.29) is 30.2 Å². The van der Waals surface area contributed by atoms with Crippen molar-refractivity contribution in [2.24, 2.45) is 0 Å². The van der Waals surface area contributed by atoms with Crippen LogP contribution in [0.5, 0.6) is 5.75 Å². The molecule has 3 heterocycles. The van der Waals surface area contributed by atoms with Crippen LogP contribution in [0.2, 0.25) is 0 Å². The predicted molar refractivity (Wildman–Crippen MR) is 126 cm³/mol. The number of H-pyrrole nitrogens is 1. The van der Waals surface area contributed by atoms with E-state index in [1.54, 1.807) is 13.0 Å². The van der Waals surface area contributed by atoms with E-state index in [4.69, 9.17) is 4.74 Å². The lowest BCUT2D eigenvalue weighted by Gasteiger charge is -2.28. The zero-order valence-electron chi connectivity index (χ0n) is 18.7. The SMILES string of the molecule is Cc1cc(C#CC2(F)COC2)cc(C(=O)NC(c2cc3ccccc3[nH]2)c2cc(F)ccc2O)n1. The van der Waals surface area contributed by atoms with E-state index >= 15 is 0 Å². The molecular formula is C27H21F2N3O3. The fraction of sp³-hybridized carbons (Fsp3) is 0.185. The number of hydrogen-bond acceptors (Lipinski definition) is 4. The van der Waals surface area contributed by atoms with Crippen molar-refractivity contribution in [3.05, 3.63) is 94.7 Å². The van der Waals surface area contributed by atoms with E-state index in [0.717, 1.165) is 17.0 Å². The number of aryl methyl sites for hydroxylation is 1. The van der Waals surface area contributed by atoms with Crippen molar-refractivity contribution in [1.82, 2.24) is 15.3 Å². The number of benzene rings is 2. The van der Waals surface area contributed by atoms with E-state index in [9.17, 15) is 18.7 Å². The van der Waals surface area contributed by atoms with Crippen molar-refractivity contribution in [1.29, 1.82) is 0 Å². The number of fused-ring (bicyclic) bond motifs is 1. The van der Waals surface area contributed by atoms with Crippen molar-refractivity contribution < 1.29 is 23.4 Å². The first-order valence-electron chi connectivity index (χ1n) is 11.0. The number of phenols is 1. The summed E-state index contributed by atoms with van der Waals surface area (Å²) in [4.78, 5) is 20.8. The van der Waals surface area contributed by atoms with Crippen LogP contribution in [-0.4, -0.2) is 39.9 Å². The number of para-hydroxylation sites is 1. The molecule has 2 aromatic carbocycles. The number of pyridine rings is 1. The lowest BCUT2D eigenvalue weighted by atomic mass is 10.0. The van der Waals surface area contributed by atoms with Crippen LogP contribution in [0.3, 0.4) is 0 Å². The number of aromatic nitrogens is 2. The van der Waals surface area contributed by atoms with Gasteiger partial charge in [-0.3, -0.25) is 4.79 Å². The molecule has 1 aliphatic heterocycles. The Morgan fingerprint density at radius 1 is 1.20 bits per heavy atom. The molecule has 0 saturated carbocycles. The van der Waals surface area contributed by atoms with Gasteiger partial charge in [0, 0.05) is 28.0 Å². The maximum absolute atomic E-state index is 14.2. The summed E-state index contributed by atoms with van der Waals surface area (Å²) in [5.41, 5.74) is 0.889. The Kier molecular flexibility index (Phi) is 5.71. The van der Waals surface area contributed by atoms with Gasteiger partial charge in [0.2, 0.25) is 5.67 Å². The normalized spacial score (nSPS) is 15.1. The molecule has 0 bridgehead atoms. The first-order chi connectivity index (χ1) is 16.8. The molecule has 1 saturated heterocycles. The second kappa shape index (κ2) is 8.85. The number of nitrogens with one attached hydrogen (secondary N) is 2. The fourth-order valence-electron chi connectivity index (χ4n) is 3.93. The summed E-state index contributed by atoms with van der Waals surface area (Å²) in [5, 5.41) is 14.2. The summed E-state index contributed by atoms with van der Waals surface area (Å²) in [5.74, 6) is 4.01. The molecule has 8 heteroatoms. The minimum Gasteiger partial charge on any atom is -0.508 e. The quantitative estimate of drug-likeness (QED) is 0.385. The third-order valence-electron chi connectivity index (χ3n) is 5.72. The number of amides is 1. The first-order valence-corrected chi connectivity index (χ1v) is 11.0. The Labute approximate surface area is 200 Å². The van der Waals surface area contributed by atoms with Crippen LogP contribution in [0.1, 0.15) is 39.0 Å². The zero-order valence-corrected chi connectivity index (χ0v) is 18.7. The highest BCUT2D eigenvalue weighted by Gasteiger charge is 2.36. The molecule has 0 spiro atoms. The molecule has 6 nitrogen and oxygen atoms in total. The van der Waals surface area contributed by atoms with Crippen LogP contribution in [0, 0.1) is 24.6 Å². The summed E-state index contributed by atoms with van der Waals surface area (Å²) in [6.45, 7) is 1.54. The molecule has 0 aliphatic carbocycles. The Balaban J connectivity index is 1.51. The third kappa shape index (κ3) is 4.72. The number of carbonyl (C=O) groups excluding carboxylic acids is 1. The van der Waals surface area contributed by atoms with Gasteiger partial charge in [-0.1, -0.05) is 30.0 Å². The van der Waals surface area contributed by atoms with Gasteiger partial charge >= 0.3 is 0 Å². The number of hydrogen-bond donors (Lipinski definition) is 3. The van der Waals surface area contributed by atoms with Gasteiger partial charge in [0.1, 0.15) is 17.3 Å². The summed E-state index contributed by atoms with van der Waals surface area (Å²) in [6.07, 6.45) is 0. The number of nitrogens with zero attached hydrogens (tertiary/aromatic N) is 1. The topological polar surface area (TPSA) is 87.2 Å². The maximum Gasteiger partial charge on any atom is 0.270 e. The third-order valence-corrected chi connectivity index (χ3v) is 5.72. The van der Waals surface area contributed by atoms with Crippen molar-refractivity contribution in [2.75, 3.05) is 13.2 Å². The predicted octanol–water partition coefficient (Wildman–Crippen LogP) is 4.33. The van der Waals surface area contributed by atoms with Crippen LogP contribution in [0.15, 0.2) is 60.7 Å². The molecule has 1 fully saturated rings. The van der Waals surface area contributed by atoms with Crippen molar-refractivity contribution in [3.63, 3.8) is 0 Å². The molecule has 4 aromatic rings. The van der Waals surface area contributed by atoms with Gasteiger partial charge in [-0.05, 0) is 54.8 Å². The molecule has 1 amide bonds. The smallest absolute Gasteiger partial charge is 0.270 e. The maximum atomic E-state index is 14.2. The number of aromatic amines is 1. The number of carbonyl (C=O) groups is 1. The monoisotopic (exact) mass is 473 g/mol. The molecule has 1 aliphatic rings. The molecule has 1 atom stereocenters. The van der Waals surface area contributed by atoms with Gasteiger partial charge in [0.15, 0.2) is 0 Å². The lowest BCUT2D eigenvalue weighted by molar-refractivity contribution is -0.0934. The van der Waals surface area contributed by atoms with Crippen LogP contribution in [0.4, 0.5) is 8.78 Å². The average Bonchev–Trinajstić information content (AvgIpc) is 3.25. The van der Waals surface area contributed by atoms with E-state index in [2.05, 4.69) is 27.1 Å². The summed E-state index contributed by atoms with van der Waals surface area (Å²) in [6, 6.07) is 15.1. The van der Waals surface area contributed by atoms with E-state index in [1.807, 2.05) is 30.3 Å². The highest BCUT2D eigenvalue weighted by atomic mass is 19.1. The molecule has 0 radical (unpaired) electrons. The van der Waals surface area contributed by atoms with Gasteiger partial charge in [-0.2, -0.15) is 0 Å². The van der Waals surface area contributed by atoms with Crippen LogP contribution < -0.4 is 5.32 Å². The standard InChI is InChI=1S/C27H21F2N3O3/c1-16-10-17(8-9-27(29)14-35-15-27)11-23(30-16)26(34)32-25(20-13-19(28)6-7-24(20)33)22-12-18-4-2-3-5-21(18)31-22/h2-7,10-13,25,31,33H,14-15H2,1H3,(H,32,34). The highest BCUT2D eigenvalue weighted by Crippen LogP contribution is 2.32. The summed E-state index contributed by atoms with van der Waals surface area (Å²) < 4.78 is 33.2. The Morgan fingerprint density at radius 3 is 2.74 bits per heavy atom. The Hall–Kier alpha value is -4.22. The number of phenolic OH excluding ortho intramolecular Hbond substituents is 1. The average molecular weight is 473 g/mol. The van der Waals surface area contributed by atoms with E-state index < -0.39 is 23.4 Å². The Morgan fingerprint density at radius 2 is 2.00 bits per heavy atom. The summed E-state index contributed by atoms with van der Waals surface area (Å²) >= 11 is 0. The van der Waals surface area contributed by atoms with Gasteiger partial charge in [0.25, 0.3) is 5.91 Å². The molecule has 176 valence electrons. The van der Waals surface area contributed by atoms with Gasteiger partial charge < -0.3 is 20.1 Å². The molecule has 2 aromatic heterocycles. The van der Waals surface area contributed by atoms with E-state index in [0.29, 0.717) is 17.0 Å². The van der Waals surface area contributed by atoms with E-state index in [1.165, 1.54) is 18.2 Å². The first kappa shape index (κ1) is 22.6. The van der Waals surface area contributed by atoms with Crippen LogP contribution in [-0.2, 0) is 4.74 Å². The van der Waals surface area contributed by atoms with Gasteiger partial charge in [0.05, 0.1) is 19.3 Å². The lowest BCUT2D eigenvalue weighted by Crippen LogP contribution is -2.44. The van der Waals surface area contributed by atoms with Gasteiger partial charge in [-0.15, -0.1) is 0 Å². The number of ether oxygens (including phenoxy) is 1. The largest absolute Gasteiger partial charge is 0.508 e. The molecule has 3 N–H and O–H groups in total. The van der Waals surface area contributed by atoms with Crippen molar-refractivity contribution >= 4 is 16.8 Å². The molecule has 35 heavy (non-hydrogen) atoms. The second-order valence-corrected chi connectivity index (χ2v) is 8.51.